The largest absolute Gasteiger partial charge is 0.454 e. The molecule has 9 heteroatoms. The number of hydrogen-bond acceptors (Lipinski definition) is 5. The van der Waals surface area contributed by atoms with Crippen LogP contribution < -0.4 is 11.1 Å². The molecule has 1 amide bonds. The van der Waals surface area contributed by atoms with Gasteiger partial charge in [-0.15, -0.1) is 0 Å². The number of aromatic nitrogens is 2. The van der Waals surface area contributed by atoms with Gasteiger partial charge in [0.25, 0.3) is 5.91 Å². The van der Waals surface area contributed by atoms with Gasteiger partial charge in [0.15, 0.2) is 11.7 Å². The molecule has 2 aromatic heterocycles. The maximum atomic E-state index is 11.1. The summed E-state index contributed by atoms with van der Waals surface area (Å²) in [5.74, 6) is 0.930. The van der Waals surface area contributed by atoms with E-state index in [0.717, 1.165) is 18.1 Å². The van der Waals surface area contributed by atoms with Crippen molar-refractivity contribution in [2.45, 2.75) is 12.6 Å². The molecular formula is C16H22N6O3. The maximum absolute atomic E-state index is 11.1. The van der Waals surface area contributed by atoms with E-state index >= 15 is 0 Å². The number of carbonyl (C=O) groups is 1. The second kappa shape index (κ2) is 7.39. The van der Waals surface area contributed by atoms with Crippen LogP contribution in [0.5, 0.6) is 0 Å². The molecule has 25 heavy (non-hydrogen) atoms. The topological polar surface area (TPSA) is 111 Å². The number of nitrogens with one attached hydrogen (secondary N) is 1. The van der Waals surface area contributed by atoms with Gasteiger partial charge in [-0.2, -0.15) is 5.10 Å². The summed E-state index contributed by atoms with van der Waals surface area (Å²) in [7, 11) is 3.61. The van der Waals surface area contributed by atoms with Crippen molar-refractivity contribution in [1.29, 1.82) is 0 Å². The number of aliphatic imine (C=N–C) groups is 1. The van der Waals surface area contributed by atoms with Gasteiger partial charge in [0, 0.05) is 32.4 Å². The number of guanidine groups is 1. The number of hydrogen-bond donors (Lipinski definition) is 2. The highest BCUT2D eigenvalue weighted by atomic mass is 16.5. The van der Waals surface area contributed by atoms with Crippen LogP contribution in [0.25, 0.3) is 0 Å². The zero-order valence-corrected chi connectivity index (χ0v) is 14.3. The summed E-state index contributed by atoms with van der Waals surface area (Å²) in [4.78, 5) is 17.5. The lowest BCUT2D eigenvalue weighted by molar-refractivity contribution is -0.00807. The quantitative estimate of drug-likeness (QED) is 0.607. The van der Waals surface area contributed by atoms with Gasteiger partial charge in [-0.05, 0) is 12.1 Å². The Labute approximate surface area is 145 Å². The van der Waals surface area contributed by atoms with Gasteiger partial charge >= 0.3 is 0 Å². The van der Waals surface area contributed by atoms with E-state index in [1.807, 2.05) is 19.4 Å². The first kappa shape index (κ1) is 17.0. The minimum atomic E-state index is -0.580. The molecule has 0 spiro atoms. The number of carbonyl (C=O) groups excluding carboxylic acids is 1. The van der Waals surface area contributed by atoms with E-state index in [1.165, 1.54) is 0 Å². The van der Waals surface area contributed by atoms with Crippen LogP contribution in [0.2, 0.25) is 0 Å². The highest BCUT2D eigenvalue weighted by Gasteiger charge is 2.25. The van der Waals surface area contributed by atoms with E-state index in [9.17, 15) is 4.79 Å². The monoisotopic (exact) mass is 346 g/mol. The number of aryl methyl sites for hydroxylation is 1. The van der Waals surface area contributed by atoms with Gasteiger partial charge in [-0.25, -0.2) is 0 Å². The van der Waals surface area contributed by atoms with Crippen LogP contribution in [0.1, 0.15) is 28.0 Å². The highest BCUT2D eigenvalue weighted by molar-refractivity contribution is 5.89. The molecule has 0 saturated carbocycles. The van der Waals surface area contributed by atoms with Gasteiger partial charge in [0.1, 0.15) is 11.9 Å². The van der Waals surface area contributed by atoms with E-state index in [-0.39, 0.29) is 11.9 Å². The molecule has 3 rings (SSSR count). The Balaban J connectivity index is 1.61. The van der Waals surface area contributed by atoms with Crippen LogP contribution in [-0.4, -0.2) is 53.3 Å². The lowest BCUT2D eigenvalue weighted by atomic mass is 10.1. The number of ether oxygens (including phenoxy) is 1. The first-order valence-corrected chi connectivity index (χ1v) is 8.01. The first-order chi connectivity index (χ1) is 12.1. The summed E-state index contributed by atoms with van der Waals surface area (Å²) in [5.41, 5.74) is 6.23. The minimum Gasteiger partial charge on any atom is -0.454 e. The third-order valence-electron chi connectivity index (χ3n) is 4.00. The zero-order valence-electron chi connectivity index (χ0n) is 14.3. The second-order valence-corrected chi connectivity index (χ2v) is 5.78. The average Bonchev–Trinajstić information content (AvgIpc) is 3.25. The molecule has 0 radical (unpaired) electrons. The molecule has 1 aliphatic heterocycles. The van der Waals surface area contributed by atoms with Crippen molar-refractivity contribution in [3.63, 3.8) is 0 Å². The number of furan rings is 1. The summed E-state index contributed by atoms with van der Waals surface area (Å²) in [5, 5.41) is 7.44. The van der Waals surface area contributed by atoms with Crippen molar-refractivity contribution >= 4 is 11.9 Å². The van der Waals surface area contributed by atoms with Crippen molar-refractivity contribution in [1.82, 2.24) is 20.0 Å². The van der Waals surface area contributed by atoms with E-state index in [0.29, 0.717) is 25.5 Å². The third kappa shape index (κ3) is 4.00. The molecular weight excluding hydrogens is 324 g/mol. The molecule has 1 aliphatic rings. The van der Waals surface area contributed by atoms with Crippen LogP contribution in [0, 0.1) is 0 Å². The summed E-state index contributed by atoms with van der Waals surface area (Å²) >= 11 is 0. The Hall–Kier alpha value is -2.81. The molecule has 134 valence electrons. The van der Waals surface area contributed by atoms with Gasteiger partial charge < -0.3 is 25.1 Å². The fraction of sp³-hybridized carbons (Fsp3) is 0.438. The summed E-state index contributed by atoms with van der Waals surface area (Å²) in [6, 6.07) is 3.29. The van der Waals surface area contributed by atoms with Crippen molar-refractivity contribution in [3.8, 4) is 0 Å². The van der Waals surface area contributed by atoms with E-state index in [2.05, 4.69) is 20.3 Å². The van der Waals surface area contributed by atoms with Crippen molar-refractivity contribution < 1.29 is 13.9 Å². The molecule has 1 fully saturated rings. The van der Waals surface area contributed by atoms with E-state index in [1.54, 1.807) is 23.9 Å². The smallest absolute Gasteiger partial charge is 0.284 e. The lowest BCUT2D eigenvalue weighted by Crippen LogP contribution is -2.47. The SMILES string of the molecule is CN=C(NCc1ccc(C(N)=O)o1)N1CCOC(c2cnn(C)c2)C1. The van der Waals surface area contributed by atoms with E-state index in [4.69, 9.17) is 14.9 Å². The third-order valence-corrected chi connectivity index (χ3v) is 4.00. The molecule has 9 nitrogen and oxygen atoms in total. The van der Waals surface area contributed by atoms with Crippen LogP contribution in [0.4, 0.5) is 0 Å². The molecule has 1 unspecified atom stereocenters. The molecule has 0 aliphatic carbocycles. The Morgan fingerprint density at radius 1 is 1.52 bits per heavy atom. The van der Waals surface area contributed by atoms with Crippen molar-refractivity contribution in [3.05, 3.63) is 41.6 Å². The van der Waals surface area contributed by atoms with Crippen LogP contribution in [0.3, 0.4) is 0 Å². The fourth-order valence-corrected chi connectivity index (χ4v) is 2.75. The zero-order chi connectivity index (χ0) is 17.8. The Bertz CT molecular complexity index is 766. The van der Waals surface area contributed by atoms with Gasteiger partial charge in [0.2, 0.25) is 0 Å². The van der Waals surface area contributed by atoms with Crippen LogP contribution in [0.15, 0.2) is 33.9 Å². The normalized spacial score (nSPS) is 18.4. The summed E-state index contributed by atoms with van der Waals surface area (Å²) in [6.45, 7) is 2.43. The van der Waals surface area contributed by atoms with Crippen molar-refractivity contribution in [2.24, 2.45) is 17.8 Å². The fourth-order valence-electron chi connectivity index (χ4n) is 2.75. The highest BCUT2D eigenvalue weighted by Crippen LogP contribution is 2.21. The Morgan fingerprint density at radius 3 is 3.00 bits per heavy atom. The molecule has 1 atom stereocenters. The standard InChI is InChI=1S/C16H22N6O3/c1-18-16(19-8-12-3-4-13(25-12)15(17)23)22-5-6-24-14(10-22)11-7-20-21(2)9-11/h3-4,7,9,14H,5-6,8,10H2,1-2H3,(H2,17,23)(H,18,19). The first-order valence-electron chi connectivity index (χ1n) is 8.01. The minimum absolute atomic E-state index is 0.0499. The number of amides is 1. The molecule has 3 heterocycles. The predicted molar refractivity (Wildman–Crippen MR) is 90.9 cm³/mol. The van der Waals surface area contributed by atoms with Gasteiger partial charge in [-0.1, -0.05) is 0 Å². The van der Waals surface area contributed by atoms with Gasteiger partial charge in [-0.3, -0.25) is 14.5 Å². The van der Waals surface area contributed by atoms with Gasteiger partial charge in [0.05, 0.1) is 25.9 Å². The molecule has 0 aromatic carbocycles. The summed E-state index contributed by atoms with van der Waals surface area (Å²) in [6.07, 6.45) is 3.73. The van der Waals surface area contributed by atoms with Crippen LogP contribution >= 0.6 is 0 Å². The molecule has 2 aromatic rings. The summed E-state index contributed by atoms with van der Waals surface area (Å²) < 4.78 is 13.0. The second-order valence-electron chi connectivity index (χ2n) is 5.78. The maximum Gasteiger partial charge on any atom is 0.284 e. The van der Waals surface area contributed by atoms with Crippen molar-refractivity contribution in [2.75, 3.05) is 26.7 Å². The van der Waals surface area contributed by atoms with Crippen LogP contribution in [-0.2, 0) is 18.3 Å². The predicted octanol–water partition coefficient (Wildman–Crippen LogP) is 0.261. The number of primary amides is 1. The number of morpholine rings is 1. The number of nitrogens with zero attached hydrogens (tertiary/aromatic N) is 4. The number of nitrogens with two attached hydrogens (primary N) is 1. The number of rotatable bonds is 4. The molecule has 1 saturated heterocycles. The Morgan fingerprint density at radius 2 is 2.36 bits per heavy atom. The molecule has 3 N–H and O–H groups in total. The molecule has 0 bridgehead atoms. The van der Waals surface area contributed by atoms with E-state index < -0.39 is 5.91 Å². The average molecular weight is 346 g/mol. The Kier molecular flexibility index (Phi) is 5.03. The lowest BCUT2D eigenvalue weighted by Gasteiger charge is -2.34.